The summed E-state index contributed by atoms with van der Waals surface area (Å²) in [5, 5.41) is 0.125. The van der Waals surface area contributed by atoms with E-state index in [2.05, 4.69) is 41.5 Å². The first-order valence-corrected chi connectivity index (χ1v) is 10.8. The van der Waals surface area contributed by atoms with Gasteiger partial charge in [-0.3, -0.25) is 0 Å². The molecule has 1 aliphatic rings. The summed E-state index contributed by atoms with van der Waals surface area (Å²) in [4.78, 5) is 0. The minimum atomic E-state index is -2.28. The van der Waals surface area contributed by atoms with Crippen LogP contribution in [-0.4, -0.2) is 22.8 Å². The van der Waals surface area contributed by atoms with Crippen molar-refractivity contribution in [2.45, 2.75) is 84.2 Å². The summed E-state index contributed by atoms with van der Waals surface area (Å²) in [6.45, 7) is 14.2. The molecule has 0 aromatic rings. The number of rotatable bonds is 7. The predicted octanol–water partition coefficient (Wildman–Crippen LogP) is 5.76. The summed E-state index contributed by atoms with van der Waals surface area (Å²) in [5.74, 6) is 2.04. The second-order valence-electron chi connectivity index (χ2n) is 7.89. The highest BCUT2D eigenvalue weighted by atomic mass is 28.4. The second-order valence-corrected chi connectivity index (χ2v) is 12.1. The van der Waals surface area contributed by atoms with Crippen molar-refractivity contribution in [2.24, 2.45) is 17.8 Å². The third-order valence-corrected chi connectivity index (χ3v) is 11.8. The maximum atomic E-state index is 6.31. The fourth-order valence-electron chi connectivity index (χ4n) is 4.74. The van der Waals surface area contributed by atoms with Gasteiger partial charge < -0.3 is 8.85 Å². The van der Waals surface area contributed by atoms with Crippen LogP contribution in [0.1, 0.15) is 73.6 Å². The van der Waals surface area contributed by atoms with Crippen LogP contribution in [0.3, 0.4) is 0 Å². The standard InChI is InChI=1S/C18H38O2Si/c1-9-16-12-10-11-13-17(16)21(19-7,20-8)18(5,6)15(4)14(2)3/h14-17H,9-13H2,1-8H3. The van der Waals surface area contributed by atoms with Crippen LogP contribution in [0.5, 0.6) is 0 Å². The SMILES string of the molecule is CCC1CCCCC1[Si](OC)(OC)C(C)(C)C(C)C(C)C. The third kappa shape index (κ3) is 3.40. The van der Waals surface area contributed by atoms with Gasteiger partial charge in [0.2, 0.25) is 0 Å². The Kier molecular flexibility index (Phi) is 6.95. The lowest BCUT2D eigenvalue weighted by molar-refractivity contribution is 0.139. The van der Waals surface area contributed by atoms with E-state index in [9.17, 15) is 0 Å². The van der Waals surface area contributed by atoms with Gasteiger partial charge in [0.05, 0.1) is 0 Å². The van der Waals surface area contributed by atoms with Crippen molar-refractivity contribution in [3.05, 3.63) is 0 Å². The van der Waals surface area contributed by atoms with Crippen LogP contribution in [0.2, 0.25) is 10.6 Å². The highest BCUT2D eigenvalue weighted by Crippen LogP contribution is 2.57. The van der Waals surface area contributed by atoms with Crippen LogP contribution in [0, 0.1) is 17.8 Å². The van der Waals surface area contributed by atoms with Crippen LogP contribution in [0.15, 0.2) is 0 Å². The lowest BCUT2D eigenvalue weighted by Crippen LogP contribution is -2.58. The van der Waals surface area contributed by atoms with Crippen molar-refractivity contribution in [3.8, 4) is 0 Å². The minimum Gasteiger partial charge on any atom is -0.397 e. The molecule has 0 bridgehead atoms. The summed E-state index contributed by atoms with van der Waals surface area (Å²) in [5.41, 5.74) is 0.641. The maximum Gasteiger partial charge on any atom is 0.347 e. The monoisotopic (exact) mass is 314 g/mol. The molecular weight excluding hydrogens is 276 g/mol. The molecule has 0 radical (unpaired) electrons. The average molecular weight is 315 g/mol. The smallest absolute Gasteiger partial charge is 0.347 e. The zero-order valence-electron chi connectivity index (χ0n) is 15.7. The van der Waals surface area contributed by atoms with Crippen LogP contribution < -0.4 is 0 Å². The zero-order valence-corrected chi connectivity index (χ0v) is 16.7. The molecule has 1 aliphatic carbocycles. The highest BCUT2D eigenvalue weighted by Gasteiger charge is 2.60. The Hall–Kier alpha value is 0.137. The van der Waals surface area contributed by atoms with Gasteiger partial charge in [-0.1, -0.05) is 67.2 Å². The molecule has 3 atom stereocenters. The first-order valence-electron chi connectivity index (χ1n) is 8.88. The summed E-state index contributed by atoms with van der Waals surface area (Å²) in [7, 11) is 1.54. The fourth-order valence-corrected chi connectivity index (χ4v) is 10.1. The lowest BCUT2D eigenvalue weighted by atomic mass is 9.85. The maximum absolute atomic E-state index is 6.31. The molecule has 0 saturated heterocycles. The molecule has 1 fully saturated rings. The Bertz CT molecular complexity index is 310. The molecule has 0 N–H and O–H groups in total. The van der Waals surface area contributed by atoms with E-state index in [-0.39, 0.29) is 5.04 Å². The summed E-state index contributed by atoms with van der Waals surface area (Å²) in [6.07, 6.45) is 6.63. The Morgan fingerprint density at radius 3 is 2.00 bits per heavy atom. The first-order chi connectivity index (χ1) is 9.78. The fraction of sp³-hybridized carbons (Fsp3) is 1.00. The van der Waals surface area contributed by atoms with E-state index in [1.807, 2.05) is 14.2 Å². The van der Waals surface area contributed by atoms with E-state index in [4.69, 9.17) is 8.85 Å². The Labute approximate surface area is 134 Å². The molecule has 3 heteroatoms. The van der Waals surface area contributed by atoms with E-state index >= 15 is 0 Å². The molecule has 0 spiro atoms. The van der Waals surface area contributed by atoms with Crippen molar-refractivity contribution in [2.75, 3.05) is 14.2 Å². The normalized spacial score (nSPS) is 26.1. The van der Waals surface area contributed by atoms with Crippen LogP contribution >= 0.6 is 0 Å². The third-order valence-electron chi connectivity index (χ3n) is 6.56. The Morgan fingerprint density at radius 1 is 1.05 bits per heavy atom. The van der Waals surface area contributed by atoms with Crippen LogP contribution in [-0.2, 0) is 8.85 Å². The lowest BCUT2D eigenvalue weighted by Gasteiger charge is -2.52. The predicted molar refractivity (Wildman–Crippen MR) is 93.8 cm³/mol. The van der Waals surface area contributed by atoms with Crippen molar-refractivity contribution in [1.82, 2.24) is 0 Å². The van der Waals surface area contributed by atoms with Crippen LogP contribution in [0.25, 0.3) is 0 Å². The Morgan fingerprint density at radius 2 is 1.57 bits per heavy atom. The van der Waals surface area contributed by atoms with E-state index in [1.54, 1.807) is 0 Å². The van der Waals surface area contributed by atoms with Gasteiger partial charge in [-0.25, -0.2) is 0 Å². The molecule has 1 rings (SSSR count). The number of hydrogen-bond donors (Lipinski definition) is 0. The minimum absolute atomic E-state index is 0.125. The van der Waals surface area contributed by atoms with Crippen molar-refractivity contribution in [3.63, 3.8) is 0 Å². The molecule has 2 nitrogen and oxygen atoms in total. The molecule has 1 saturated carbocycles. The molecule has 126 valence electrons. The molecular formula is C18H38O2Si. The topological polar surface area (TPSA) is 18.5 Å². The summed E-state index contributed by atoms with van der Waals surface area (Å²) >= 11 is 0. The quantitative estimate of drug-likeness (QED) is 0.556. The zero-order chi connectivity index (χ0) is 16.3. The van der Waals surface area contributed by atoms with Gasteiger partial charge >= 0.3 is 8.56 Å². The molecule has 0 aliphatic heterocycles. The molecule has 3 unspecified atom stereocenters. The molecule has 0 amide bonds. The van der Waals surface area contributed by atoms with Gasteiger partial charge in [-0.15, -0.1) is 0 Å². The van der Waals surface area contributed by atoms with E-state index in [0.717, 1.165) is 5.92 Å². The summed E-state index contributed by atoms with van der Waals surface area (Å²) < 4.78 is 12.6. The highest BCUT2D eigenvalue weighted by molar-refractivity contribution is 6.72. The Balaban J connectivity index is 3.22. The molecule has 0 aromatic carbocycles. The van der Waals surface area contributed by atoms with Crippen molar-refractivity contribution in [1.29, 1.82) is 0 Å². The first kappa shape index (κ1) is 19.2. The van der Waals surface area contributed by atoms with E-state index in [1.165, 1.54) is 32.1 Å². The van der Waals surface area contributed by atoms with E-state index < -0.39 is 8.56 Å². The molecule has 0 aromatic heterocycles. The van der Waals surface area contributed by atoms with Gasteiger partial charge in [-0.2, -0.15) is 0 Å². The van der Waals surface area contributed by atoms with Gasteiger partial charge in [0.1, 0.15) is 0 Å². The van der Waals surface area contributed by atoms with Gasteiger partial charge in [-0.05, 0) is 24.2 Å². The van der Waals surface area contributed by atoms with Crippen molar-refractivity contribution >= 4 is 8.56 Å². The second kappa shape index (κ2) is 7.61. The van der Waals surface area contributed by atoms with Crippen LogP contribution in [0.4, 0.5) is 0 Å². The van der Waals surface area contributed by atoms with Gasteiger partial charge in [0.25, 0.3) is 0 Å². The van der Waals surface area contributed by atoms with E-state index in [0.29, 0.717) is 17.4 Å². The average Bonchev–Trinajstić information content (AvgIpc) is 2.48. The van der Waals surface area contributed by atoms with Gasteiger partial charge in [0, 0.05) is 24.8 Å². The summed E-state index contributed by atoms with van der Waals surface area (Å²) in [6, 6.07) is 0. The van der Waals surface area contributed by atoms with Gasteiger partial charge in [0.15, 0.2) is 0 Å². The molecule has 21 heavy (non-hydrogen) atoms. The largest absolute Gasteiger partial charge is 0.397 e. The number of hydrogen-bond acceptors (Lipinski definition) is 2. The molecule has 0 heterocycles. The van der Waals surface area contributed by atoms with Crippen molar-refractivity contribution < 1.29 is 8.85 Å².